The van der Waals surface area contributed by atoms with Gasteiger partial charge in [0.15, 0.2) is 0 Å². The summed E-state index contributed by atoms with van der Waals surface area (Å²) in [5.41, 5.74) is 5.98. The van der Waals surface area contributed by atoms with Gasteiger partial charge in [-0.2, -0.15) is 0 Å². The van der Waals surface area contributed by atoms with Crippen LogP contribution >= 0.6 is 11.6 Å². The van der Waals surface area contributed by atoms with Crippen LogP contribution in [0.25, 0.3) is 0 Å². The fourth-order valence-corrected chi connectivity index (χ4v) is 1.64. The van der Waals surface area contributed by atoms with E-state index in [4.69, 9.17) is 22.7 Å². The zero-order valence-electron chi connectivity index (χ0n) is 9.92. The first kappa shape index (κ1) is 15.1. The molecule has 0 heterocycles. The van der Waals surface area contributed by atoms with Crippen molar-refractivity contribution in [2.45, 2.75) is 31.3 Å². The van der Waals surface area contributed by atoms with Gasteiger partial charge in [0.25, 0.3) is 0 Å². The van der Waals surface area contributed by atoms with Crippen LogP contribution in [-0.4, -0.2) is 39.3 Å². The number of halogens is 1. The molecule has 1 rings (SSSR count). The van der Waals surface area contributed by atoms with E-state index < -0.39 is 24.4 Å². The summed E-state index contributed by atoms with van der Waals surface area (Å²) < 4.78 is 0. The summed E-state index contributed by atoms with van der Waals surface area (Å²) in [5.74, 6) is 0. The van der Waals surface area contributed by atoms with Crippen LogP contribution in [0.4, 0.5) is 0 Å². The minimum absolute atomic E-state index is 0.0323. The van der Waals surface area contributed by atoms with E-state index in [0.717, 1.165) is 0 Å². The number of aliphatic hydroxyl groups excluding tert-OH is 3. The Labute approximate surface area is 110 Å². The normalized spacial score (nSPS) is 17.9. The molecule has 6 heteroatoms. The summed E-state index contributed by atoms with van der Waals surface area (Å²) in [6, 6.07) is 5.22. The van der Waals surface area contributed by atoms with Gasteiger partial charge in [-0.3, -0.25) is 0 Å². The molecule has 5 nitrogen and oxygen atoms in total. The van der Waals surface area contributed by atoms with Crippen molar-refractivity contribution in [3.05, 3.63) is 34.9 Å². The smallest absolute Gasteiger partial charge is 0.112 e. The minimum atomic E-state index is -1.47. The molecule has 6 N–H and O–H groups in total. The molecule has 0 aliphatic rings. The van der Waals surface area contributed by atoms with Crippen molar-refractivity contribution in [3.8, 4) is 0 Å². The third-order valence-corrected chi connectivity index (χ3v) is 3.00. The Balaban J connectivity index is 2.80. The highest BCUT2D eigenvalue weighted by Crippen LogP contribution is 2.22. The second-order valence-corrected chi connectivity index (χ2v) is 4.62. The predicted octanol–water partition coefficient (Wildman–Crippen LogP) is 0.462. The summed E-state index contributed by atoms with van der Waals surface area (Å²) in [6.07, 6.45) is -4.17. The molecule has 0 saturated carbocycles. The minimum Gasteiger partial charge on any atom is -0.388 e. The highest BCUT2D eigenvalue weighted by molar-refractivity contribution is 6.30. The summed E-state index contributed by atoms with van der Waals surface area (Å²) in [4.78, 5) is 0. The number of rotatable bonds is 5. The number of benzene rings is 1. The molecule has 0 bridgehead atoms. The van der Waals surface area contributed by atoms with E-state index in [0.29, 0.717) is 10.6 Å². The fourth-order valence-electron chi connectivity index (χ4n) is 1.51. The molecule has 0 saturated heterocycles. The number of aliphatic hydroxyl groups is 3. The summed E-state index contributed by atoms with van der Waals surface area (Å²) in [5, 5.41) is 37.3. The van der Waals surface area contributed by atoms with E-state index in [-0.39, 0.29) is 5.71 Å². The van der Waals surface area contributed by atoms with Crippen LogP contribution in [0.15, 0.2) is 24.3 Å². The first-order valence-electron chi connectivity index (χ1n) is 5.45. The maximum Gasteiger partial charge on any atom is 0.112 e. The fraction of sp³-hybridized carbons (Fsp3) is 0.417. The average Bonchev–Trinajstić information content (AvgIpc) is 2.36. The van der Waals surface area contributed by atoms with Gasteiger partial charge in [0.1, 0.15) is 18.3 Å². The molecule has 0 fully saturated rings. The maximum atomic E-state index is 9.90. The lowest BCUT2D eigenvalue weighted by Crippen LogP contribution is -2.49. The standard InChI is InChI=1S/C12H17ClN2O3/c1-6(14)9(15)11(17)12(18)10(16)7-2-4-8(13)5-3-7/h2-5,9-12,14,16-18H,15H2,1H3/t9-,10-,11-,12+/m1/s1. The molecule has 18 heavy (non-hydrogen) atoms. The van der Waals surface area contributed by atoms with Crippen LogP contribution in [0.2, 0.25) is 5.02 Å². The van der Waals surface area contributed by atoms with E-state index in [1.807, 2.05) is 0 Å². The van der Waals surface area contributed by atoms with Crippen molar-refractivity contribution < 1.29 is 15.3 Å². The quantitative estimate of drug-likeness (QED) is 0.502. The van der Waals surface area contributed by atoms with Crippen LogP contribution in [0.3, 0.4) is 0 Å². The van der Waals surface area contributed by atoms with Crippen LogP contribution in [-0.2, 0) is 0 Å². The zero-order valence-corrected chi connectivity index (χ0v) is 10.7. The van der Waals surface area contributed by atoms with Gasteiger partial charge in [-0.25, -0.2) is 0 Å². The maximum absolute atomic E-state index is 9.90. The van der Waals surface area contributed by atoms with Gasteiger partial charge in [-0.15, -0.1) is 0 Å². The Morgan fingerprint density at radius 1 is 1.17 bits per heavy atom. The molecule has 0 spiro atoms. The third kappa shape index (κ3) is 3.51. The van der Waals surface area contributed by atoms with E-state index in [1.165, 1.54) is 6.92 Å². The number of hydrogen-bond acceptors (Lipinski definition) is 5. The lowest BCUT2D eigenvalue weighted by molar-refractivity contribution is -0.0624. The third-order valence-electron chi connectivity index (χ3n) is 2.75. The van der Waals surface area contributed by atoms with Crippen LogP contribution in [0, 0.1) is 5.41 Å². The lowest BCUT2D eigenvalue weighted by atomic mass is 9.95. The molecule has 100 valence electrons. The number of nitrogens with one attached hydrogen (secondary N) is 1. The molecule has 0 amide bonds. The highest BCUT2D eigenvalue weighted by atomic mass is 35.5. The molecule has 0 aliphatic carbocycles. The molecular formula is C12H17ClN2O3. The van der Waals surface area contributed by atoms with Crippen molar-refractivity contribution >= 4 is 17.3 Å². The van der Waals surface area contributed by atoms with Crippen molar-refractivity contribution in [1.29, 1.82) is 5.41 Å². The van der Waals surface area contributed by atoms with Gasteiger partial charge in [0.05, 0.1) is 6.04 Å². The Kier molecular flexibility index (Phi) is 5.25. The largest absolute Gasteiger partial charge is 0.388 e. The van der Waals surface area contributed by atoms with Crippen LogP contribution in [0.5, 0.6) is 0 Å². The van der Waals surface area contributed by atoms with Crippen molar-refractivity contribution in [1.82, 2.24) is 0 Å². The molecular weight excluding hydrogens is 256 g/mol. The number of hydrogen-bond donors (Lipinski definition) is 5. The predicted molar refractivity (Wildman–Crippen MR) is 69.8 cm³/mol. The average molecular weight is 273 g/mol. The van der Waals surface area contributed by atoms with Crippen LogP contribution < -0.4 is 5.73 Å². The van der Waals surface area contributed by atoms with E-state index >= 15 is 0 Å². The first-order chi connectivity index (χ1) is 8.34. The van der Waals surface area contributed by atoms with Gasteiger partial charge in [0.2, 0.25) is 0 Å². The number of nitrogens with two attached hydrogens (primary N) is 1. The Hall–Kier alpha value is -0.980. The van der Waals surface area contributed by atoms with Gasteiger partial charge in [-0.1, -0.05) is 23.7 Å². The second kappa shape index (κ2) is 6.26. The first-order valence-corrected chi connectivity index (χ1v) is 5.82. The topological polar surface area (TPSA) is 111 Å². The van der Waals surface area contributed by atoms with Crippen molar-refractivity contribution in [3.63, 3.8) is 0 Å². The Morgan fingerprint density at radius 3 is 2.11 bits per heavy atom. The summed E-state index contributed by atoms with van der Waals surface area (Å²) in [7, 11) is 0. The molecule has 4 atom stereocenters. The summed E-state index contributed by atoms with van der Waals surface area (Å²) >= 11 is 5.71. The molecule has 0 unspecified atom stereocenters. The summed E-state index contributed by atoms with van der Waals surface area (Å²) in [6.45, 7) is 1.43. The van der Waals surface area contributed by atoms with E-state index in [1.54, 1.807) is 24.3 Å². The molecule has 0 radical (unpaired) electrons. The molecule has 1 aromatic rings. The van der Waals surface area contributed by atoms with Crippen LogP contribution in [0.1, 0.15) is 18.6 Å². The van der Waals surface area contributed by atoms with Gasteiger partial charge in [-0.05, 0) is 24.6 Å². The van der Waals surface area contributed by atoms with Gasteiger partial charge < -0.3 is 26.5 Å². The SMILES string of the molecule is CC(=N)[C@@H](N)[C@@H](O)[C@@H](O)[C@H](O)c1ccc(Cl)cc1. The Morgan fingerprint density at radius 2 is 1.67 bits per heavy atom. The molecule has 0 aromatic heterocycles. The second-order valence-electron chi connectivity index (χ2n) is 4.19. The molecule has 0 aliphatic heterocycles. The van der Waals surface area contributed by atoms with Gasteiger partial charge in [0, 0.05) is 10.7 Å². The zero-order chi connectivity index (χ0) is 13.9. The monoisotopic (exact) mass is 272 g/mol. The highest BCUT2D eigenvalue weighted by Gasteiger charge is 2.31. The Bertz CT molecular complexity index is 410. The van der Waals surface area contributed by atoms with E-state index in [9.17, 15) is 15.3 Å². The molecule has 1 aromatic carbocycles. The van der Waals surface area contributed by atoms with Gasteiger partial charge >= 0.3 is 0 Å². The van der Waals surface area contributed by atoms with E-state index in [2.05, 4.69) is 0 Å². The lowest BCUT2D eigenvalue weighted by Gasteiger charge is -2.27. The van der Waals surface area contributed by atoms with Crippen molar-refractivity contribution in [2.75, 3.05) is 0 Å². The van der Waals surface area contributed by atoms with Crippen molar-refractivity contribution in [2.24, 2.45) is 5.73 Å².